The first kappa shape index (κ1) is 17.1. The zero-order valence-electron chi connectivity index (χ0n) is 15.1. The van der Waals surface area contributed by atoms with E-state index in [2.05, 4.69) is 39.1 Å². The predicted molar refractivity (Wildman–Crippen MR) is 99.6 cm³/mol. The summed E-state index contributed by atoms with van der Waals surface area (Å²) in [5.74, 6) is 0.929. The van der Waals surface area contributed by atoms with Crippen LogP contribution in [0.25, 0.3) is 11.1 Å². The van der Waals surface area contributed by atoms with Crippen LogP contribution in [0.5, 0.6) is 5.88 Å². The topological polar surface area (TPSA) is 82.7 Å². The maximum atomic E-state index is 5.90. The number of anilines is 2. The number of methoxy groups -OCH3 is 1. The SMILES string of the molecule is COc1nc(N)nc(C2COC2C)c1-c1ccc(N2CCOCC2)cc1. The largest absolute Gasteiger partial charge is 0.480 e. The Bertz CT molecular complexity index is 775. The third-order valence-corrected chi connectivity index (χ3v) is 5.10. The van der Waals surface area contributed by atoms with Gasteiger partial charge in [-0.1, -0.05) is 12.1 Å². The Morgan fingerprint density at radius 3 is 2.46 bits per heavy atom. The van der Waals surface area contributed by atoms with E-state index in [0.717, 1.165) is 43.1 Å². The van der Waals surface area contributed by atoms with Crippen molar-refractivity contribution < 1.29 is 14.2 Å². The van der Waals surface area contributed by atoms with E-state index in [-0.39, 0.29) is 18.0 Å². The number of benzene rings is 1. The quantitative estimate of drug-likeness (QED) is 0.898. The summed E-state index contributed by atoms with van der Waals surface area (Å²) in [6.07, 6.45) is 0.111. The summed E-state index contributed by atoms with van der Waals surface area (Å²) in [6.45, 7) is 6.05. The first-order valence-corrected chi connectivity index (χ1v) is 8.93. The van der Waals surface area contributed by atoms with Crippen molar-refractivity contribution in [2.75, 3.05) is 50.7 Å². The predicted octanol–water partition coefficient (Wildman–Crippen LogP) is 2.07. The Morgan fingerprint density at radius 2 is 1.88 bits per heavy atom. The number of aromatic nitrogens is 2. The molecule has 26 heavy (non-hydrogen) atoms. The first-order chi connectivity index (χ1) is 12.7. The van der Waals surface area contributed by atoms with E-state index in [1.165, 1.54) is 5.69 Å². The zero-order valence-corrected chi connectivity index (χ0v) is 15.1. The summed E-state index contributed by atoms with van der Waals surface area (Å²) in [7, 11) is 1.61. The number of hydrogen-bond acceptors (Lipinski definition) is 7. The van der Waals surface area contributed by atoms with Gasteiger partial charge >= 0.3 is 0 Å². The molecule has 2 aliphatic rings. The lowest BCUT2D eigenvalue weighted by Crippen LogP contribution is -2.36. The highest BCUT2D eigenvalue weighted by Gasteiger charge is 2.34. The number of ether oxygens (including phenoxy) is 3. The number of rotatable bonds is 4. The highest BCUT2D eigenvalue weighted by Crippen LogP contribution is 2.40. The van der Waals surface area contributed by atoms with Gasteiger partial charge in [0, 0.05) is 18.8 Å². The Morgan fingerprint density at radius 1 is 1.15 bits per heavy atom. The van der Waals surface area contributed by atoms with E-state index in [0.29, 0.717) is 12.5 Å². The molecular weight excluding hydrogens is 332 g/mol. The molecule has 0 radical (unpaired) electrons. The molecule has 0 amide bonds. The van der Waals surface area contributed by atoms with Crippen LogP contribution < -0.4 is 15.4 Å². The first-order valence-electron chi connectivity index (χ1n) is 8.93. The molecule has 3 heterocycles. The van der Waals surface area contributed by atoms with Gasteiger partial charge in [0.1, 0.15) is 0 Å². The maximum Gasteiger partial charge on any atom is 0.226 e. The third kappa shape index (κ3) is 3.08. The lowest BCUT2D eigenvalue weighted by Gasteiger charge is -2.35. The number of nitrogens with two attached hydrogens (primary N) is 1. The fourth-order valence-electron chi connectivity index (χ4n) is 3.51. The summed E-state index contributed by atoms with van der Waals surface area (Å²) in [5.41, 5.74) is 9.91. The highest BCUT2D eigenvalue weighted by atomic mass is 16.5. The Balaban J connectivity index is 1.72. The van der Waals surface area contributed by atoms with E-state index >= 15 is 0 Å². The van der Waals surface area contributed by atoms with Crippen molar-refractivity contribution in [3.05, 3.63) is 30.0 Å². The number of morpholine rings is 1. The second kappa shape index (κ2) is 7.09. The van der Waals surface area contributed by atoms with Crippen LogP contribution in [0.2, 0.25) is 0 Å². The Kier molecular flexibility index (Phi) is 4.65. The molecule has 2 aliphatic heterocycles. The van der Waals surface area contributed by atoms with Crippen molar-refractivity contribution in [2.45, 2.75) is 18.9 Å². The van der Waals surface area contributed by atoms with E-state index in [1.807, 2.05) is 6.92 Å². The lowest BCUT2D eigenvalue weighted by atomic mass is 9.89. The maximum absolute atomic E-state index is 5.90. The van der Waals surface area contributed by atoms with Gasteiger partial charge in [-0.05, 0) is 24.6 Å². The van der Waals surface area contributed by atoms with Gasteiger partial charge in [0.25, 0.3) is 0 Å². The van der Waals surface area contributed by atoms with Gasteiger partial charge in [-0.25, -0.2) is 4.98 Å². The minimum atomic E-state index is 0.111. The molecule has 0 spiro atoms. The van der Waals surface area contributed by atoms with E-state index in [9.17, 15) is 0 Å². The fourth-order valence-corrected chi connectivity index (χ4v) is 3.51. The standard InChI is InChI=1S/C19H24N4O3/c1-12-15(11-26-12)17-16(18(24-2)22-19(20)21-17)13-3-5-14(6-4-13)23-7-9-25-10-8-23/h3-6,12,15H,7-11H2,1-2H3,(H2,20,21,22). The molecule has 2 atom stereocenters. The summed E-state index contributed by atoms with van der Waals surface area (Å²) in [4.78, 5) is 11.1. The van der Waals surface area contributed by atoms with Gasteiger partial charge in [-0.15, -0.1) is 0 Å². The van der Waals surface area contributed by atoms with E-state index in [1.54, 1.807) is 7.11 Å². The normalized spacial score (nSPS) is 22.8. The third-order valence-electron chi connectivity index (χ3n) is 5.10. The molecule has 0 aliphatic carbocycles. The molecule has 7 nitrogen and oxygen atoms in total. The molecule has 0 saturated carbocycles. The minimum Gasteiger partial charge on any atom is -0.480 e. The van der Waals surface area contributed by atoms with Crippen molar-refractivity contribution in [3.8, 4) is 17.0 Å². The molecule has 2 N–H and O–H groups in total. The molecule has 7 heteroatoms. The average molecular weight is 356 g/mol. The summed E-state index contributed by atoms with van der Waals surface area (Å²) >= 11 is 0. The van der Waals surface area contributed by atoms with Crippen LogP contribution in [0.3, 0.4) is 0 Å². The van der Waals surface area contributed by atoms with Crippen molar-refractivity contribution in [2.24, 2.45) is 0 Å². The van der Waals surface area contributed by atoms with Crippen molar-refractivity contribution >= 4 is 11.6 Å². The van der Waals surface area contributed by atoms with E-state index in [4.69, 9.17) is 19.9 Å². The molecule has 2 saturated heterocycles. The Hall–Kier alpha value is -2.38. The molecule has 1 aromatic heterocycles. The number of nitrogen functional groups attached to an aromatic ring is 1. The fraction of sp³-hybridized carbons (Fsp3) is 0.474. The summed E-state index contributed by atoms with van der Waals surface area (Å²) < 4.78 is 16.5. The van der Waals surface area contributed by atoms with Crippen molar-refractivity contribution in [1.82, 2.24) is 9.97 Å². The van der Waals surface area contributed by atoms with Crippen molar-refractivity contribution in [3.63, 3.8) is 0 Å². The summed E-state index contributed by atoms with van der Waals surface area (Å²) in [5, 5.41) is 0. The van der Waals surface area contributed by atoms with Crippen LogP contribution in [0.4, 0.5) is 11.6 Å². The van der Waals surface area contributed by atoms with Crippen LogP contribution >= 0.6 is 0 Å². The van der Waals surface area contributed by atoms with Crippen LogP contribution in [0.1, 0.15) is 18.5 Å². The van der Waals surface area contributed by atoms with Crippen LogP contribution in [-0.4, -0.2) is 56.1 Å². The van der Waals surface area contributed by atoms with Gasteiger partial charge < -0.3 is 24.8 Å². The smallest absolute Gasteiger partial charge is 0.226 e. The second-order valence-corrected chi connectivity index (χ2v) is 6.64. The van der Waals surface area contributed by atoms with Gasteiger partial charge in [0.05, 0.1) is 50.2 Å². The van der Waals surface area contributed by atoms with Gasteiger partial charge in [0.15, 0.2) is 0 Å². The average Bonchev–Trinajstić information content (AvgIpc) is 2.67. The van der Waals surface area contributed by atoms with Crippen LogP contribution in [-0.2, 0) is 9.47 Å². The second-order valence-electron chi connectivity index (χ2n) is 6.64. The molecule has 2 aromatic rings. The van der Waals surface area contributed by atoms with Gasteiger partial charge in [-0.2, -0.15) is 4.98 Å². The molecule has 4 rings (SSSR count). The molecule has 2 unspecified atom stereocenters. The van der Waals surface area contributed by atoms with Crippen molar-refractivity contribution in [1.29, 1.82) is 0 Å². The zero-order chi connectivity index (χ0) is 18.1. The molecule has 0 bridgehead atoms. The highest BCUT2D eigenvalue weighted by molar-refractivity contribution is 5.74. The van der Waals surface area contributed by atoms with Gasteiger partial charge in [0.2, 0.25) is 11.8 Å². The Labute approximate surface area is 153 Å². The molecule has 138 valence electrons. The van der Waals surface area contributed by atoms with Gasteiger partial charge in [-0.3, -0.25) is 0 Å². The van der Waals surface area contributed by atoms with Crippen LogP contribution in [0.15, 0.2) is 24.3 Å². The van der Waals surface area contributed by atoms with Crippen LogP contribution in [0, 0.1) is 0 Å². The summed E-state index contributed by atoms with van der Waals surface area (Å²) in [6, 6.07) is 8.44. The monoisotopic (exact) mass is 356 g/mol. The molecular formula is C19H24N4O3. The number of nitrogens with zero attached hydrogens (tertiary/aromatic N) is 3. The van der Waals surface area contributed by atoms with E-state index < -0.39 is 0 Å². The minimum absolute atomic E-state index is 0.111. The molecule has 1 aromatic carbocycles. The molecule has 2 fully saturated rings. The number of hydrogen-bond donors (Lipinski definition) is 1. The lowest BCUT2D eigenvalue weighted by molar-refractivity contribution is -0.0656.